The molecule has 5 heterocycles. The quantitative estimate of drug-likeness (QED) is 0.129. The Kier molecular flexibility index (Phi) is 15.2. The Labute approximate surface area is 239 Å². The molecular formula is C28H40N2O11. The maximum atomic E-state index is 11.3. The molecule has 1 aromatic rings. The van der Waals surface area contributed by atoms with Crippen LogP contribution in [0.25, 0.3) is 0 Å². The highest BCUT2D eigenvalue weighted by Crippen LogP contribution is 2.43. The first-order chi connectivity index (χ1) is 19.7. The average Bonchev–Trinajstić information content (AvgIpc) is 3.77. The van der Waals surface area contributed by atoms with Crippen LogP contribution in [-0.2, 0) is 47.6 Å². The van der Waals surface area contributed by atoms with Crippen LogP contribution in [0.4, 0.5) is 0 Å². The van der Waals surface area contributed by atoms with E-state index in [2.05, 4.69) is 9.15 Å². The lowest BCUT2D eigenvalue weighted by Crippen LogP contribution is -2.41. The van der Waals surface area contributed by atoms with Crippen LogP contribution in [0.1, 0.15) is 13.8 Å². The second-order valence-electron chi connectivity index (χ2n) is 9.38. The summed E-state index contributed by atoms with van der Waals surface area (Å²) in [6.07, 6.45) is 9.00. The lowest BCUT2D eigenvalue weighted by molar-refractivity contribution is -0.156. The molecule has 2 saturated heterocycles. The predicted octanol–water partition coefficient (Wildman–Crippen LogP) is 0.879. The van der Waals surface area contributed by atoms with E-state index < -0.39 is 11.9 Å². The van der Waals surface area contributed by atoms with Crippen LogP contribution in [0.15, 0.2) is 53.4 Å². The smallest absolute Gasteiger partial charge is 0.320 e. The van der Waals surface area contributed by atoms with Gasteiger partial charge in [0.1, 0.15) is 11.8 Å². The molecule has 6 unspecified atom stereocenters. The van der Waals surface area contributed by atoms with E-state index in [1.165, 1.54) is 17.1 Å². The number of furan rings is 1. The molecule has 0 aromatic carbocycles. The highest BCUT2D eigenvalue weighted by atomic mass is 16.6. The third-order valence-electron chi connectivity index (χ3n) is 5.96. The van der Waals surface area contributed by atoms with Gasteiger partial charge in [0.2, 0.25) is 0 Å². The van der Waals surface area contributed by atoms with E-state index in [0.717, 1.165) is 0 Å². The van der Waals surface area contributed by atoms with Crippen molar-refractivity contribution in [1.29, 1.82) is 0 Å². The fourth-order valence-electron chi connectivity index (χ4n) is 4.06. The zero-order valence-corrected chi connectivity index (χ0v) is 23.8. The topological polar surface area (TPSA) is 166 Å². The molecular weight excluding hydrogens is 540 g/mol. The Morgan fingerprint density at radius 3 is 1.71 bits per heavy atom. The number of rotatable bonds is 11. The molecule has 13 nitrogen and oxygen atoms in total. The number of methoxy groups -OCH3 is 2. The largest absolute Gasteiger partial charge is 0.473 e. The van der Waals surface area contributed by atoms with E-state index in [-0.39, 0.29) is 47.9 Å². The number of carbonyl (C=O) groups excluding carboxylic acids is 4. The van der Waals surface area contributed by atoms with Gasteiger partial charge in [0.15, 0.2) is 0 Å². The van der Waals surface area contributed by atoms with Gasteiger partial charge in [-0.05, 0) is 26.0 Å². The van der Waals surface area contributed by atoms with Crippen molar-refractivity contribution in [2.45, 2.75) is 38.1 Å². The third-order valence-corrected chi connectivity index (χ3v) is 5.96. The molecule has 6 atom stereocenters. The van der Waals surface area contributed by atoms with Crippen LogP contribution in [0.2, 0.25) is 0 Å². The van der Waals surface area contributed by atoms with Crippen molar-refractivity contribution in [3.8, 4) is 0 Å². The van der Waals surface area contributed by atoms with Crippen molar-refractivity contribution in [2.75, 3.05) is 53.9 Å². The number of nitrogens with two attached hydrogens (primary N) is 1. The second-order valence-corrected chi connectivity index (χ2v) is 9.38. The monoisotopic (exact) mass is 580 g/mol. The van der Waals surface area contributed by atoms with Gasteiger partial charge in [-0.1, -0.05) is 12.2 Å². The minimum absolute atomic E-state index is 0.127. The number of esters is 2. The van der Waals surface area contributed by atoms with E-state index in [1.807, 2.05) is 31.2 Å². The van der Waals surface area contributed by atoms with Gasteiger partial charge >= 0.3 is 11.9 Å². The number of hydrogen-bond acceptors (Lipinski definition) is 12. The number of hydrogen-bond donors (Lipinski definition) is 1. The summed E-state index contributed by atoms with van der Waals surface area (Å²) >= 11 is 0. The molecule has 0 saturated carbocycles. The van der Waals surface area contributed by atoms with Crippen LogP contribution in [0.3, 0.4) is 0 Å². The standard InChI is InChI=1S/C10H15NO4.C8H6O4.C6H15NO2.C4H4O/c1-8(7-15-6-5-14-2)11-9(12)3-4-10(11)13;9-7-5-3-1-2-4(11-3)6(5)8(10)12-7;1-6(7)5-9-4-3-8-2;1-2-4-5-3-1/h3-4,8H,5-7H2,1-2H3;1-6H;6H,3-5,7H2,1-2H3;1-4H. The van der Waals surface area contributed by atoms with Gasteiger partial charge in [-0.3, -0.25) is 24.1 Å². The number of imide groups is 1. The van der Waals surface area contributed by atoms with Gasteiger partial charge in [0, 0.05) is 32.4 Å². The fourth-order valence-corrected chi connectivity index (χ4v) is 4.06. The summed E-state index contributed by atoms with van der Waals surface area (Å²) in [5.41, 5.74) is 5.41. The Hall–Kier alpha value is -3.20. The summed E-state index contributed by atoms with van der Waals surface area (Å²) in [5.74, 6) is -2.14. The molecule has 13 heteroatoms. The first kappa shape index (κ1) is 34.0. The van der Waals surface area contributed by atoms with Crippen LogP contribution in [0, 0.1) is 11.8 Å². The number of cyclic esters (lactones) is 2. The second kappa shape index (κ2) is 18.3. The minimum Gasteiger partial charge on any atom is -0.473 e. The van der Waals surface area contributed by atoms with Crippen LogP contribution < -0.4 is 5.73 Å². The molecule has 0 aliphatic carbocycles. The normalized spacial score (nSPS) is 24.6. The molecule has 4 aliphatic heterocycles. The summed E-state index contributed by atoms with van der Waals surface area (Å²) in [7, 11) is 3.24. The third kappa shape index (κ3) is 10.9. The summed E-state index contributed by atoms with van der Waals surface area (Å²) in [6, 6.07) is 3.55. The Morgan fingerprint density at radius 2 is 1.29 bits per heavy atom. The van der Waals surface area contributed by atoms with Crippen molar-refractivity contribution in [2.24, 2.45) is 17.6 Å². The molecule has 2 N–H and O–H groups in total. The zero-order valence-electron chi connectivity index (χ0n) is 23.8. The van der Waals surface area contributed by atoms with E-state index in [1.54, 1.807) is 33.7 Å². The van der Waals surface area contributed by atoms with Gasteiger partial charge < -0.3 is 38.6 Å². The lowest BCUT2D eigenvalue weighted by Gasteiger charge is -2.22. The SMILES string of the molecule is COCCOCC(C)N.COCCOCC(C)N1C(=O)C=CC1=O.O=C1OC(=O)C2C3C=CC(O3)C12.c1ccoc1. The van der Waals surface area contributed by atoms with Gasteiger partial charge in [0.25, 0.3) is 11.8 Å². The molecule has 1 aromatic heterocycles. The molecule has 0 radical (unpaired) electrons. The number of fused-ring (bicyclic) bond motifs is 5. The number of amides is 2. The first-order valence-electron chi connectivity index (χ1n) is 13.2. The molecule has 228 valence electrons. The Morgan fingerprint density at radius 1 is 0.805 bits per heavy atom. The fraction of sp³-hybridized carbons (Fsp3) is 0.571. The maximum Gasteiger partial charge on any atom is 0.320 e. The van der Waals surface area contributed by atoms with E-state index in [4.69, 9.17) is 29.4 Å². The van der Waals surface area contributed by atoms with E-state index >= 15 is 0 Å². The van der Waals surface area contributed by atoms with Crippen molar-refractivity contribution >= 4 is 23.8 Å². The highest BCUT2D eigenvalue weighted by molar-refractivity contribution is 6.13. The van der Waals surface area contributed by atoms with Crippen LogP contribution >= 0.6 is 0 Å². The van der Waals surface area contributed by atoms with Gasteiger partial charge in [-0.2, -0.15) is 0 Å². The minimum atomic E-state index is -0.429. The number of ether oxygens (including phenoxy) is 6. The van der Waals surface area contributed by atoms with Crippen LogP contribution in [-0.4, -0.2) is 107 Å². The molecule has 5 rings (SSSR count). The highest BCUT2D eigenvalue weighted by Gasteiger charge is 2.59. The number of carbonyl (C=O) groups is 4. The van der Waals surface area contributed by atoms with Gasteiger partial charge in [0.05, 0.1) is 70.4 Å². The molecule has 2 fully saturated rings. The van der Waals surface area contributed by atoms with Crippen molar-refractivity contribution < 1.29 is 52.0 Å². The molecule has 2 amide bonds. The van der Waals surface area contributed by atoms with Gasteiger partial charge in [-0.25, -0.2) is 0 Å². The summed E-state index contributed by atoms with van der Waals surface area (Å²) in [4.78, 5) is 45.9. The Balaban J connectivity index is 0.000000203. The van der Waals surface area contributed by atoms with Gasteiger partial charge in [-0.15, -0.1) is 0 Å². The zero-order chi connectivity index (χ0) is 30.2. The van der Waals surface area contributed by atoms with Crippen molar-refractivity contribution in [3.63, 3.8) is 0 Å². The predicted molar refractivity (Wildman–Crippen MR) is 144 cm³/mol. The lowest BCUT2D eigenvalue weighted by atomic mass is 9.85. The summed E-state index contributed by atoms with van der Waals surface area (Å²) in [6.45, 7) is 6.89. The molecule has 41 heavy (non-hydrogen) atoms. The summed E-state index contributed by atoms with van der Waals surface area (Å²) in [5, 5.41) is 0. The number of nitrogens with zero attached hydrogens (tertiary/aromatic N) is 1. The van der Waals surface area contributed by atoms with E-state index in [0.29, 0.717) is 39.6 Å². The molecule has 2 bridgehead atoms. The first-order valence-corrected chi connectivity index (χ1v) is 13.2. The average molecular weight is 581 g/mol. The maximum absolute atomic E-state index is 11.3. The van der Waals surface area contributed by atoms with Crippen LogP contribution in [0.5, 0.6) is 0 Å². The van der Waals surface area contributed by atoms with Crippen molar-refractivity contribution in [1.82, 2.24) is 4.90 Å². The van der Waals surface area contributed by atoms with Crippen molar-refractivity contribution in [3.05, 3.63) is 49.0 Å². The van der Waals surface area contributed by atoms with E-state index in [9.17, 15) is 19.2 Å². The molecule has 0 spiro atoms. The summed E-state index contributed by atoms with van der Waals surface area (Å²) < 4.78 is 34.3. The Bertz CT molecular complexity index is 945. The molecule has 4 aliphatic rings.